The minimum Gasteiger partial charge on any atom is -0.316 e. The van der Waals surface area contributed by atoms with E-state index in [1.165, 1.54) is 24.3 Å². The zero-order valence-electron chi connectivity index (χ0n) is 12.6. The number of sulfonamides is 1. The highest BCUT2D eigenvalue weighted by Gasteiger charge is 2.23. The Morgan fingerprint density at radius 1 is 1.18 bits per heavy atom. The van der Waals surface area contributed by atoms with E-state index in [2.05, 4.69) is 10.0 Å². The van der Waals surface area contributed by atoms with Gasteiger partial charge in [0.05, 0.1) is 4.90 Å². The van der Waals surface area contributed by atoms with Gasteiger partial charge in [-0.2, -0.15) is 0 Å². The molecule has 1 aliphatic heterocycles. The zero-order chi connectivity index (χ0) is 16.2. The van der Waals surface area contributed by atoms with Crippen LogP contribution in [0.5, 0.6) is 0 Å². The van der Waals surface area contributed by atoms with Gasteiger partial charge in [0.15, 0.2) is 9.84 Å². The molecule has 1 aromatic carbocycles. The zero-order valence-corrected chi connectivity index (χ0v) is 14.2. The topological polar surface area (TPSA) is 92.3 Å². The molecule has 1 atom stereocenters. The van der Waals surface area contributed by atoms with Crippen molar-refractivity contribution in [3.63, 3.8) is 0 Å². The maximum atomic E-state index is 12.4. The molecule has 124 valence electrons. The van der Waals surface area contributed by atoms with Crippen LogP contribution in [-0.4, -0.2) is 42.7 Å². The molecule has 0 spiro atoms. The SMILES string of the molecule is CS(=O)(=O)c1ccccc1S(=O)(=O)NCC[C@H]1CCCNC1. The van der Waals surface area contributed by atoms with Gasteiger partial charge in [-0.15, -0.1) is 0 Å². The van der Waals surface area contributed by atoms with Gasteiger partial charge in [-0.05, 0) is 50.4 Å². The fraction of sp³-hybridized carbons (Fsp3) is 0.571. The molecule has 2 rings (SSSR count). The molecule has 0 radical (unpaired) electrons. The molecule has 0 amide bonds. The van der Waals surface area contributed by atoms with Crippen LogP contribution in [0.2, 0.25) is 0 Å². The summed E-state index contributed by atoms with van der Waals surface area (Å²) in [6.07, 6.45) is 3.95. The summed E-state index contributed by atoms with van der Waals surface area (Å²) in [6, 6.07) is 5.67. The van der Waals surface area contributed by atoms with Gasteiger partial charge >= 0.3 is 0 Å². The first-order chi connectivity index (χ1) is 10.3. The van der Waals surface area contributed by atoms with Gasteiger partial charge in [-0.25, -0.2) is 21.6 Å². The second-order valence-corrected chi connectivity index (χ2v) is 9.34. The Balaban J connectivity index is 2.07. The van der Waals surface area contributed by atoms with Crippen molar-refractivity contribution in [2.24, 2.45) is 5.92 Å². The smallest absolute Gasteiger partial charge is 0.241 e. The minimum atomic E-state index is -3.82. The van der Waals surface area contributed by atoms with Crippen molar-refractivity contribution in [1.82, 2.24) is 10.0 Å². The van der Waals surface area contributed by atoms with E-state index in [0.717, 1.165) is 38.6 Å². The quantitative estimate of drug-likeness (QED) is 0.793. The first-order valence-electron chi connectivity index (χ1n) is 7.30. The first kappa shape index (κ1) is 17.4. The summed E-state index contributed by atoms with van der Waals surface area (Å²) in [5.41, 5.74) is 0. The molecule has 6 nitrogen and oxygen atoms in total. The van der Waals surface area contributed by atoms with Crippen LogP contribution in [0.15, 0.2) is 34.1 Å². The summed E-state index contributed by atoms with van der Waals surface area (Å²) in [4.78, 5) is -0.346. The number of benzene rings is 1. The van der Waals surface area contributed by atoms with Gasteiger partial charge in [-0.1, -0.05) is 12.1 Å². The van der Waals surface area contributed by atoms with Crippen LogP contribution in [0.1, 0.15) is 19.3 Å². The number of hydrogen-bond acceptors (Lipinski definition) is 5. The average Bonchev–Trinajstić information content (AvgIpc) is 2.47. The Morgan fingerprint density at radius 2 is 1.86 bits per heavy atom. The van der Waals surface area contributed by atoms with Gasteiger partial charge < -0.3 is 5.32 Å². The third-order valence-electron chi connectivity index (χ3n) is 3.78. The molecule has 22 heavy (non-hydrogen) atoms. The Labute approximate surface area is 132 Å². The fourth-order valence-electron chi connectivity index (χ4n) is 2.62. The highest BCUT2D eigenvalue weighted by atomic mass is 32.2. The van der Waals surface area contributed by atoms with Crippen molar-refractivity contribution in [3.8, 4) is 0 Å². The van der Waals surface area contributed by atoms with Gasteiger partial charge in [0, 0.05) is 12.8 Å². The third-order valence-corrected chi connectivity index (χ3v) is 6.59. The Morgan fingerprint density at radius 3 is 2.45 bits per heavy atom. The molecular formula is C14H22N2O4S2. The van der Waals surface area contributed by atoms with Crippen LogP contribution in [0, 0.1) is 5.92 Å². The second-order valence-electron chi connectivity index (χ2n) is 5.62. The summed E-state index contributed by atoms with van der Waals surface area (Å²) in [7, 11) is -7.42. The lowest BCUT2D eigenvalue weighted by molar-refractivity contribution is 0.358. The van der Waals surface area contributed by atoms with Crippen LogP contribution in [0.4, 0.5) is 0 Å². The summed E-state index contributed by atoms with van der Waals surface area (Å²) in [5.74, 6) is 0.460. The summed E-state index contributed by atoms with van der Waals surface area (Å²) in [5, 5.41) is 3.29. The van der Waals surface area contributed by atoms with E-state index in [0.29, 0.717) is 12.5 Å². The molecule has 0 bridgehead atoms. The molecular weight excluding hydrogens is 324 g/mol. The Hall–Kier alpha value is -0.960. The van der Waals surface area contributed by atoms with Crippen molar-refractivity contribution in [2.45, 2.75) is 29.1 Å². The summed E-state index contributed by atoms with van der Waals surface area (Å²) in [6.45, 7) is 2.23. The van der Waals surface area contributed by atoms with Crippen molar-refractivity contribution >= 4 is 19.9 Å². The molecule has 1 fully saturated rings. The van der Waals surface area contributed by atoms with Crippen LogP contribution >= 0.6 is 0 Å². The van der Waals surface area contributed by atoms with E-state index in [-0.39, 0.29) is 9.79 Å². The van der Waals surface area contributed by atoms with Crippen LogP contribution in [0.25, 0.3) is 0 Å². The van der Waals surface area contributed by atoms with Crippen molar-refractivity contribution in [1.29, 1.82) is 0 Å². The highest BCUT2D eigenvalue weighted by molar-refractivity contribution is 7.93. The summed E-state index contributed by atoms with van der Waals surface area (Å²) >= 11 is 0. The van der Waals surface area contributed by atoms with Crippen LogP contribution in [0.3, 0.4) is 0 Å². The molecule has 0 saturated carbocycles. The molecule has 0 aromatic heterocycles. The number of rotatable bonds is 6. The van der Waals surface area contributed by atoms with E-state index in [1.54, 1.807) is 0 Å². The lowest BCUT2D eigenvalue weighted by Gasteiger charge is -2.22. The molecule has 1 aliphatic rings. The third kappa shape index (κ3) is 4.52. The molecule has 0 unspecified atom stereocenters. The predicted molar refractivity (Wildman–Crippen MR) is 85.0 cm³/mol. The van der Waals surface area contributed by atoms with E-state index in [4.69, 9.17) is 0 Å². The largest absolute Gasteiger partial charge is 0.316 e. The predicted octanol–water partition coefficient (Wildman–Crippen LogP) is 0.758. The fourth-order valence-corrected chi connectivity index (χ4v) is 5.30. The second kappa shape index (κ2) is 7.08. The molecule has 2 N–H and O–H groups in total. The van der Waals surface area contributed by atoms with E-state index >= 15 is 0 Å². The lowest BCUT2D eigenvalue weighted by Crippen LogP contribution is -2.33. The van der Waals surface area contributed by atoms with Crippen LogP contribution < -0.4 is 10.0 Å². The van der Waals surface area contributed by atoms with E-state index < -0.39 is 19.9 Å². The van der Waals surface area contributed by atoms with Gasteiger partial charge in [0.2, 0.25) is 10.0 Å². The minimum absolute atomic E-state index is 0.165. The van der Waals surface area contributed by atoms with Gasteiger partial charge in [0.1, 0.15) is 4.90 Å². The Kier molecular flexibility index (Phi) is 5.60. The molecule has 1 saturated heterocycles. The van der Waals surface area contributed by atoms with Gasteiger partial charge in [0.25, 0.3) is 0 Å². The van der Waals surface area contributed by atoms with Crippen LogP contribution in [-0.2, 0) is 19.9 Å². The molecule has 8 heteroatoms. The molecule has 1 heterocycles. The van der Waals surface area contributed by atoms with Crippen molar-refractivity contribution in [2.75, 3.05) is 25.9 Å². The average molecular weight is 346 g/mol. The molecule has 0 aliphatic carbocycles. The van der Waals surface area contributed by atoms with Gasteiger partial charge in [-0.3, -0.25) is 0 Å². The molecule has 1 aromatic rings. The monoisotopic (exact) mass is 346 g/mol. The Bertz CT molecular complexity index is 708. The van der Waals surface area contributed by atoms with Crippen molar-refractivity contribution < 1.29 is 16.8 Å². The normalized spacial score (nSPS) is 20.0. The van der Waals surface area contributed by atoms with E-state index in [9.17, 15) is 16.8 Å². The van der Waals surface area contributed by atoms with Crippen molar-refractivity contribution in [3.05, 3.63) is 24.3 Å². The highest BCUT2D eigenvalue weighted by Crippen LogP contribution is 2.20. The number of hydrogen-bond donors (Lipinski definition) is 2. The number of piperidine rings is 1. The maximum absolute atomic E-state index is 12.4. The van der Waals surface area contributed by atoms with E-state index in [1.807, 2.05) is 0 Å². The first-order valence-corrected chi connectivity index (χ1v) is 10.7. The summed E-state index contributed by atoms with van der Waals surface area (Å²) < 4.78 is 50.7. The standard InChI is InChI=1S/C14H22N2O4S2/c1-21(17,18)13-6-2-3-7-14(13)22(19,20)16-10-8-12-5-4-9-15-11-12/h2-3,6-7,12,15-16H,4-5,8-11H2,1H3/t12-/m1/s1. The number of sulfone groups is 1. The maximum Gasteiger partial charge on any atom is 0.241 e. The lowest BCUT2D eigenvalue weighted by atomic mass is 9.96. The number of nitrogens with one attached hydrogen (secondary N) is 2.